The number of aromatic nitrogens is 1. The number of carbonyl (C=O) groups excluding carboxylic acids is 1. The largest absolute Gasteiger partial charge is 0.456 e. The molecule has 1 aromatic heterocycles. The molecule has 5 heteroatoms. The summed E-state index contributed by atoms with van der Waals surface area (Å²) >= 11 is 0. The first kappa shape index (κ1) is 22.3. The van der Waals surface area contributed by atoms with Gasteiger partial charge in [-0.05, 0) is 80.8 Å². The Kier molecular flexibility index (Phi) is 5.70. The number of carbonyl (C=O) groups is 1. The average Bonchev–Trinajstić information content (AvgIpc) is 2.69. The molecule has 3 aromatic rings. The first-order valence-electron chi connectivity index (χ1n) is 11.1. The minimum atomic E-state index is -0.524. The highest BCUT2D eigenvalue weighted by Gasteiger charge is 2.41. The number of esters is 1. The molecule has 1 saturated carbocycles. The molecular formula is C27H31FN2O2. The predicted octanol–water partition coefficient (Wildman–Crippen LogP) is 6.92. The van der Waals surface area contributed by atoms with E-state index in [9.17, 15) is 9.18 Å². The van der Waals surface area contributed by atoms with Crippen molar-refractivity contribution in [1.29, 1.82) is 0 Å². The number of halogens is 1. The maximum absolute atomic E-state index is 13.5. The van der Waals surface area contributed by atoms with Gasteiger partial charge in [0.15, 0.2) is 0 Å². The molecule has 0 radical (unpaired) electrons. The number of pyridine rings is 1. The van der Waals surface area contributed by atoms with E-state index in [0.717, 1.165) is 29.5 Å². The van der Waals surface area contributed by atoms with Gasteiger partial charge >= 0.3 is 5.97 Å². The molecule has 0 amide bonds. The highest BCUT2D eigenvalue weighted by Crippen LogP contribution is 2.51. The van der Waals surface area contributed by atoms with Crippen LogP contribution in [-0.2, 0) is 4.74 Å². The van der Waals surface area contributed by atoms with E-state index in [1.54, 1.807) is 12.3 Å². The maximum atomic E-state index is 13.5. The Hall–Kier alpha value is -2.95. The molecule has 2 aromatic carbocycles. The molecule has 0 bridgehead atoms. The smallest absolute Gasteiger partial charge is 0.338 e. The van der Waals surface area contributed by atoms with Gasteiger partial charge in [-0.15, -0.1) is 0 Å². The molecule has 32 heavy (non-hydrogen) atoms. The molecule has 4 rings (SSSR count). The summed E-state index contributed by atoms with van der Waals surface area (Å²) in [6, 6.07) is 14.4. The standard InChI is InChI=1S/C27H31FN2O2/c1-26(2,3)32-25(31)18-8-6-17(7-9-18)24(20-14-27(4,5)15-20)30-22-12-19-10-11-21(28)13-23(19)29-16-22/h6-13,16,20,24,30H,14-15H2,1-5H3. The first-order chi connectivity index (χ1) is 15.0. The van der Waals surface area contributed by atoms with Crippen molar-refractivity contribution < 1.29 is 13.9 Å². The van der Waals surface area contributed by atoms with E-state index in [4.69, 9.17) is 4.74 Å². The van der Waals surface area contributed by atoms with Gasteiger partial charge in [0.1, 0.15) is 11.4 Å². The Morgan fingerprint density at radius 1 is 1.12 bits per heavy atom. The highest BCUT2D eigenvalue weighted by atomic mass is 19.1. The molecule has 1 aliphatic rings. The summed E-state index contributed by atoms with van der Waals surface area (Å²) in [4.78, 5) is 16.8. The molecule has 4 nitrogen and oxygen atoms in total. The van der Waals surface area contributed by atoms with Crippen molar-refractivity contribution in [2.24, 2.45) is 11.3 Å². The summed E-state index contributed by atoms with van der Waals surface area (Å²) in [6.07, 6.45) is 3.99. The molecule has 1 fully saturated rings. The van der Waals surface area contributed by atoms with Crippen molar-refractivity contribution in [3.63, 3.8) is 0 Å². The third-order valence-corrected chi connectivity index (χ3v) is 5.97. The highest BCUT2D eigenvalue weighted by molar-refractivity contribution is 5.89. The van der Waals surface area contributed by atoms with Crippen LogP contribution in [0.1, 0.15) is 69.4 Å². The van der Waals surface area contributed by atoms with E-state index in [0.29, 0.717) is 22.4 Å². The zero-order valence-electron chi connectivity index (χ0n) is 19.4. The van der Waals surface area contributed by atoms with Crippen LogP contribution in [0, 0.1) is 17.2 Å². The second kappa shape index (κ2) is 8.19. The molecule has 1 N–H and O–H groups in total. The van der Waals surface area contributed by atoms with Crippen molar-refractivity contribution >= 4 is 22.6 Å². The lowest BCUT2D eigenvalue weighted by molar-refractivity contribution is 0.00695. The summed E-state index contributed by atoms with van der Waals surface area (Å²) in [6.45, 7) is 10.2. The van der Waals surface area contributed by atoms with Gasteiger partial charge in [0.2, 0.25) is 0 Å². The Morgan fingerprint density at radius 2 is 1.81 bits per heavy atom. The summed E-state index contributed by atoms with van der Waals surface area (Å²) in [7, 11) is 0. The summed E-state index contributed by atoms with van der Waals surface area (Å²) in [5.74, 6) is -0.129. The van der Waals surface area contributed by atoms with Crippen molar-refractivity contribution in [2.75, 3.05) is 5.32 Å². The van der Waals surface area contributed by atoms with Crippen molar-refractivity contribution in [3.05, 3.63) is 71.7 Å². The van der Waals surface area contributed by atoms with Crippen LogP contribution in [0.15, 0.2) is 54.7 Å². The molecule has 0 spiro atoms. The van der Waals surface area contributed by atoms with E-state index in [2.05, 4.69) is 24.1 Å². The van der Waals surface area contributed by atoms with Crippen LogP contribution in [0.3, 0.4) is 0 Å². The quantitative estimate of drug-likeness (QED) is 0.443. The molecule has 1 aliphatic carbocycles. The molecule has 1 atom stereocenters. The number of fused-ring (bicyclic) bond motifs is 1. The van der Waals surface area contributed by atoms with E-state index in [1.165, 1.54) is 12.1 Å². The fourth-order valence-corrected chi connectivity index (χ4v) is 4.59. The van der Waals surface area contributed by atoms with Gasteiger partial charge in [0, 0.05) is 11.5 Å². The average molecular weight is 435 g/mol. The first-order valence-corrected chi connectivity index (χ1v) is 11.1. The van der Waals surface area contributed by atoms with Crippen LogP contribution in [0.25, 0.3) is 10.9 Å². The van der Waals surface area contributed by atoms with Crippen LogP contribution in [-0.4, -0.2) is 16.6 Å². The number of rotatable bonds is 5. The third-order valence-electron chi connectivity index (χ3n) is 5.97. The van der Waals surface area contributed by atoms with Gasteiger partial charge in [0.25, 0.3) is 0 Å². The normalized spacial score (nSPS) is 16.9. The minimum absolute atomic E-state index is 0.0930. The van der Waals surface area contributed by atoms with Crippen LogP contribution in [0.4, 0.5) is 10.1 Å². The van der Waals surface area contributed by atoms with E-state index in [-0.39, 0.29) is 17.8 Å². The zero-order chi connectivity index (χ0) is 23.1. The van der Waals surface area contributed by atoms with Gasteiger partial charge in [-0.3, -0.25) is 4.98 Å². The lowest BCUT2D eigenvalue weighted by Crippen LogP contribution is -2.38. The number of anilines is 1. The fraction of sp³-hybridized carbons (Fsp3) is 0.407. The van der Waals surface area contributed by atoms with Crippen LogP contribution in [0.5, 0.6) is 0 Å². The number of hydrogen-bond acceptors (Lipinski definition) is 4. The van der Waals surface area contributed by atoms with Gasteiger partial charge in [-0.25, -0.2) is 9.18 Å². The lowest BCUT2D eigenvalue weighted by atomic mass is 9.61. The van der Waals surface area contributed by atoms with Gasteiger partial charge in [-0.2, -0.15) is 0 Å². The molecule has 168 valence electrons. The van der Waals surface area contributed by atoms with Crippen molar-refractivity contribution in [1.82, 2.24) is 4.98 Å². The number of ether oxygens (including phenoxy) is 1. The summed E-state index contributed by atoms with van der Waals surface area (Å²) in [5, 5.41) is 4.55. The fourth-order valence-electron chi connectivity index (χ4n) is 4.59. The molecule has 0 saturated heterocycles. The monoisotopic (exact) mass is 434 g/mol. The Labute approximate surface area is 189 Å². The van der Waals surface area contributed by atoms with E-state index < -0.39 is 5.60 Å². The van der Waals surface area contributed by atoms with Crippen LogP contribution in [0.2, 0.25) is 0 Å². The van der Waals surface area contributed by atoms with Gasteiger partial charge < -0.3 is 10.1 Å². The topological polar surface area (TPSA) is 51.2 Å². The van der Waals surface area contributed by atoms with E-state index >= 15 is 0 Å². The summed E-state index contributed by atoms with van der Waals surface area (Å²) in [5.41, 5.74) is 3.01. The van der Waals surface area contributed by atoms with Crippen LogP contribution >= 0.6 is 0 Å². The lowest BCUT2D eigenvalue weighted by Gasteiger charge is -2.47. The number of benzene rings is 2. The minimum Gasteiger partial charge on any atom is -0.456 e. The SMILES string of the molecule is CC1(C)CC(C(Nc2cnc3cc(F)ccc3c2)c2ccc(C(=O)OC(C)(C)C)cc2)C1. The van der Waals surface area contributed by atoms with Crippen molar-refractivity contribution in [2.45, 2.75) is 59.1 Å². The second-order valence-corrected chi connectivity index (χ2v) is 10.6. The second-order valence-electron chi connectivity index (χ2n) is 10.6. The zero-order valence-corrected chi connectivity index (χ0v) is 19.4. The number of hydrogen-bond donors (Lipinski definition) is 1. The Balaban J connectivity index is 1.59. The van der Waals surface area contributed by atoms with Crippen molar-refractivity contribution in [3.8, 4) is 0 Å². The van der Waals surface area contributed by atoms with Gasteiger partial charge in [-0.1, -0.05) is 26.0 Å². The molecule has 1 unspecified atom stereocenters. The maximum Gasteiger partial charge on any atom is 0.338 e. The molecule has 1 heterocycles. The van der Waals surface area contributed by atoms with Gasteiger partial charge in [0.05, 0.1) is 29.0 Å². The molecular weight excluding hydrogens is 403 g/mol. The predicted molar refractivity (Wildman–Crippen MR) is 126 cm³/mol. The summed E-state index contributed by atoms with van der Waals surface area (Å²) < 4.78 is 19.0. The number of nitrogens with one attached hydrogen (secondary N) is 1. The Bertz CT molecular complexity index is 1120. The van der Waals surface area contributed by atoms with Crippen LogP contribution < -0.4 is 5.32 Å². The molecule has 0 aliphatic heterocycles. The number of nitrogens with zero attached hydrogens (tertiary/aromatic N) is 1. The third kappa shape index (κ3) is 5.09. The van der Waals surface area contributed by atoms with E-state index in [1.807, 2.05) is 51.1 Å². The Morgan fingerprint density at radius 3 is 2.44 bits per heavy atom.